The molecule has 1 amide bonds. The molecule has 3 N–H and O–H groups in total. The first-order valence-electron chi connectivity index (χ1n) is 15.0. The summed E-state index contributed by atoms with van der Waals surface area (Å²) in [5.41, 5.74) is 2.88. The van der Waals surface area contributed by atoms with Gasteiger partial charge in [-0.2, -0.15) is 0 Å². The van der Waals surface area contributed by atoms with Gasteiger partial charge in [0.05, 0.1) is 21.3 Å². The zero-order valence-corrected chi connectivity index (χ0v) is 25.9. The fourth-order valence-corrected chi connectivity index (χ4v) is 5.81. The molecule has 0 saturated heterocycles. The van der Waals surface area contributed by atoms with E-state index >= 15 is 0 Å². The topological polar surface area (TPSA) is 80.9 Å². The molecule has 5 rings (SSSR count). The summed E-state index contributed by atoms with van der Waals surface area (Å²) in [6, 6.07) is 33.1. The Morgan fingerprint density at radius 2 is 1.36 bits per heavy atom. The Hall–Kier alpha value is -4.59. The number of amides is 1. The van der Waals surface area contributed by atoms with Crippen molar-refractivity contribution >= 4 is 27.5 Å². The molecular weight excluding hydrogens is 550 g/mol. The van der Waals surface area contributed by atoms with Crippen molar-refractivity contribution in [2.75, 3.05) is 41.5 Å². The number of likely N-dealkylation sites (N-methyl/N-ethyl adjacent to an activating group) is 1. The molecule has 2 atom stereocenters. The van der Waals surface area contributed by atoms with Crippen LogP contribution in [-0.2, 0) is 12.8 Å². The minimum atomic E-state index is -0.212. The largest absolute Gasteiger partial charge is 0.493 e. The third-order valence-electron chi connectivity index (χ3n) is 8.01. The average Bonchev–Trinajstić information content (AvgIpc) is 3.06. The number of methoxy groups -OCH3 is 3. The second-order valence-electron chi connectivity index (χ2n) is 11.0. The molecule has 0 radical (unpaired) electrons. The van der Waals surface area contributed by atoms with Crippen molar-refractivity contribution in [1.29, 1.82) is 0 Å². The van der Waals surface area contributed by atoms with Gasteiger partial charge in [0, 0.05) is 30.7 Å². The summed E-state index contributed by atoms with van der Waals surface area (Å²) in [7, 11) is 6.61. The third kappa shape index (κ3) is 7.30. The van der Waals surface area contributed by atoms with Crippen molar-refractivity contribution in [3.8, 4) is 17.2 Å². The smallest absolute Gasteiger partial charge is 0.251 e. The maximum Gasteiger partial charge on any atom is 0.251 e. The molecular formula is C37H41N3O4. The van der Waals surface area contributed by atoms with Crippen LogP contribution in [0, 0.1) is 0 Å². The number of fused-ring (bicyclic) bond motifs is 2. The van der Waals surface area contributed by atoms with Crippen LogP contribution < -0.4 is 30.2 Å². The molecule has 0 aliphatic carbocycles. The van der Waals surface area contributed by atoms with E-state index in [4.69, 9.17) is 14.2 Å². The second-order valence-corrected chi connectivity index (χ2v) is 11.0. The summed E-state index contributed by atoms with van der Waals surface area (Å²) < 4.78 is 16.5. The quantitative estimate of drug-likeness (QED) is 0.152. The highest BCUT2D eigenvalue weighted by Crippen LogP contribution is 2.38. The molecule has 7 nitrogen and oxygen atoms in total. The maximum atomic E-state index is 13.7. The molecule has 7 heteroatoms. The lowest BCUT2D eigenvalue weighted by Gasteiger charge is -2.25. The second kappa shape index (κ2) is 14.7. The van der Waals surface area contributed by atoms with Crippen molar-refractivity contribution in [1.82, 2.24) is 16.0 Å². The van der Waals surface area contributed by atoms with Crippen LogP contribution in [0.25, 0.3) is 21.5 Å². The van der Waals surface area contributed by atoms with Gasteiger partial charge in [0.2, 0.25) is 5.75 Å². The van der Waals surface area contributed by atoms with Gasteiger partial charge in [-0.25, -0.2) is 0 Å². The first-order chi connectivity index (χ1) is 21.5. The van der Waals surface area contributed by atoms with Gasteiger partial charge in [0.25, 0.3) is 5.91 Å². The Labute approximate surface area is 259 Å². The molecule has 44 heavy (non-hydrogen) atoms. The highest BCUT2D eigenvalue weighted by atomic mass is 16.5. The lowest BCUT2D eigenvalue weighted by Crippen LogP contribution is -2.48. The molecule has 0 unspecified atom stereocenters. The SMILES string of the molecule is CNC[C@H](Cc1cccc2ccccc12)NC[C@@H](Cc1ccc2ccccc2c1)NC(=O)c1cc(OC)c(OC)c(OC)c1. The molecule has 228 valence electrons. The molecule has 0 saturated carbocycles. The zero-order chi connectivity index (χ0) is 30.9. The first-order valence-corrected chi connectivity index (χ1v) is 15.0. The zero-order valence-electron chi connectivity index (χ0n) is 25.9. The lowest BCUT2D eigenvalue weighted by atomic mass is 9.98. The van der Waals surface area contributed by atoms with Crippen LogP contribution in [0.15, 0.2) is 97.1 Å². The van der Waals surface area contributed by atoms with Crippen LogP contribution in [0.4, 0.5) is 0 Å². The van der Waals surface area contributed by atoms with E-state index in [9.17, 15) is 4.79 Å². The lowest BCUT2D eigenvalue weighted by molar-refractivity contribution is 0.0934. The van der Waals surface area contributed by atoms with E-state index in [1.165, 1.54) is 27.1 Å². The standard InChI is InChI=1S/C37H41N3O4/c1-38-23-31(20-29-14-9-13-27-11-7-8-15-33(27)29)39-24-32(19-25-16-17-26-10-5-6-12-28(26)18-25)40-37(41)30-21-34(42-2)36(44-4)35(22-30)43-3/h5-18,21-22,31-32,38-39H,19-20,23-24H2,1-4H3,(H,40,41)/t31-,32+/m0/s1. The van der Waals surface area contributed by atoms with Crippen LogP contribution in [-0.4, -0.2) is 59.5 Å². The Bertz CT molecular complexity index is 1690. The predicted octanol–water partition coefficient (Wildman–Crippen LogP) is 5.78. The van der Waals surface area contributed by atoms with Crippen molar-refractivity contribution in [3.63, 3.8) is 0 Å². The van der Waals surface area contributed by atoms with Crippen molar-refractivity contribution < 1.29 is 19.0 Å². The fourth-order valence-electron chi connectivity index (χ4n) is 5.81. The van der Waals surface area contributed by atoms with E-state index in [-0.39, 0.29) is 18.0 Å². The normalized spacial score (nSPS) is 12.5. The first kappa shape index (κ1) is 30.9. The van der Waals surface area contributed by atoms with E-state index in [1.54, 1.807) is 33.5 Å². The summed E-state index contributed by atoms with van der Waals surface area (Å²) >= 11 is 0. The van der Waals surface area contributed by atoms with Gasteiger partial charge in [-0.1, -0.05) is 84.9 Å². The van der Waals surface area contributed by atoms with Gasteiger partial charge < -0.3 is 30.2 Å². The fraction of sp³-hybridized carbons (Fsp3) is 0.270. The molecule has 0 aliphatic heterocycles. The van der Waals surface area contributed by atoms with Crippen LogP contribution in [0.2, 0.25) is 0 Å². The number of carbonyl (C=O) groups excluding carboxylic acids is 1. The van der Waals surface area contributed by atoms with Crippen LogP contribution >= 0.6 is 0 Å². The van der Waals surface area contributed by atoms with Gasteiger partial charge in [-0.05, 0) is 64.7 Å². The van der Waals surface area contributed by atoms with E-state index < -0.39 is 0 Å². The Morgan fingerprint density at radius 1 is 0.682 bits per heavy atom. The summed E-state index contributed by atoms with van der Waals surface area (Å²) in [6.07, 6.45) is 1.51. The van der Waals surface area contributed by atoms with Crippen molar-refractivity contribution in [2.24, 2.45) is 0 Å². The average molecular weight is 592 g/mol. The molecule has 0 spiro atoms. The molecule has 0 aliphatic rings. The molecule has 0 aromatic heterocycles. The summed E-state index contributed by atoms with van der Waals surface area (Å²) in [5.74, 6) is 1.11. The number of hydrogen-bond donors (Lipinski definition) is 3. The number of benzene rings is 5. The third-order valence-corrected chi connectivity index (χ3v) is 8.01. The number of carbonyl (C=O) groups is 1. The van der Waals surface area contributed by atoms with E-state index in [0.29, 0.717) is 35.8 Å². The number of rotatable bonds is 14. The molecule has 5 aromatic rings. The van der Waals surface area contributed by atoms with Gasteiger partial charge in [-0.3, -0.25) is 4.79 Å². The van der Waals surface area contributed by atoms with E-state index in [1.807, 2.05) is 19.2 Å². The highest BCUT2D eigenvalue weighted by molar-refractivity contribution is 5.96. The minimum absolute atomic E-state index is 0.156. The van der Waals surface area contributed by atoms with Crippen molar-refractivity contribution in [2.45, 2.75) is 24.9 Å². The van der Waals surface area contributed by atoms with Gasteiger partial charge in [0.15, 0.2) is 11.5 Å². The Morgan fingerprint density at radius 3 is 2.07 bits per heavy atom. The monoisotopic (exact) mass is 591 g/mol. The molecule has 5 aromatic carbocycles. The number of nitrogens with one attached hydrogen (secondary N) is 3. The maximum absolute atomic E-state index is 13.7. The Balaban J connectivity index is 1.39. The molecule has 0 heterocycles. The van der Waals surface area contributed by atoms with Crippen LogP contribution in [0.5, 0.6) is 17.2 Å². The van der Waals surface area contributed by atoms with E-state index in [0.717, 1.165) is 18.5 Å². The van der Waals surface area contributed by atoms with Gasteiger partial charge in [0.1, 0.15) is 0 Å². The number of hydrogen-bond acceptors (Lipinski definition) is 6. The summed E-state index contributed by atoms with van der Waals surface area (Å²) in [6.45, 7) is 1.37. The Kier molecular flexibility index (Phi) is 10.3. The highest BCUT2D eigenvalue weighted by Gasteiger charge is 2.21. The summed E-state index contributed by atoms with van der Waals surface area (Å²) in [5, 5.41) is 15.3. The number of ether oxygens (including phenoxy) is 3. The predicted molar refractivity (Wildman–Crippen MR) is 178 cm³/mol. The van der Waals surface area contributed by atoms with Gasteiger partial charge >= 0.3 is 0 Å². The van der Waals surface area contributed by atoms with Crippen LogP contribution in [0.1, 0.15) is 21.5 Å². The molecule has 0 fully saturated rings. The molecule has 0 bridgehead atoms. The van der Waals surface area contributed by atoms with Crippen LogP contribution in [0.3, 0.4) is 0 Å². The minimum Gasteiger partial charge on any atom is -0.493 e. The van der Waals surface area contributed by atoms with Gasteiger partial charge in [-0.15, -0.1) is 0 Å². The van der Waals surface area contributed by atoms with E-state index in [2.05, 4.69) is 88.7 Å². The van der Waals surface area contributed by atoms with Crippen molar-refractivity contribution in [3.05, 3.63) is 114 Å². The summed E-state index contributed by atoms with van der Waals surface area (Å²) in [4.78, 5) is 13.7.